The smallest absolute Gasteiger partial charge is 0.253 e. The molecule has 0 bridgehead atoms. The van der Waals surface area contributed by atoms with Crippen LogP contribution in [0.4, 0.5) is 0 Å². The van der Waals surface area contributed by atoms with Gasteiger partial charge >= 0.3 is 0 Å². The first kappa shape index (κ1) is 15.7. The van der Waals surface area contributed by atoms with Gasteiger partial charge in [0.2, 0.25) is 0 Å². The summed E-state index contributed by atoms with van der Waals surface area (Å²) >= 11 is 6.02. The first-order valence-corrected chi connectivity index (χ1v) is 6.99. The van der Waals surface area contributed by atoms with Crippen LogP contribution in [-0.4, -0.2) is 42.4 Å². The third-order valence-electron chi connectivity index (χ3n) is 3.11. The Labute approximate surface area is 127 Å². The van der Waals surface area contributed by atoms with E-state index in [-0.39, 0.29) is 12.5 Å². The Morgan fingerprint density at radius 2 is 2.14 bits per heavy atom. The molecule has 0 spiro atoms. The van der Waals surface area contributed by atoms with E-state index in [0.29, 0.717) is 23.7 Å². The second-order valence-corrected chi connectivity index (χ2v) is 5.02. The molecule has 0 radical (unpaired) electrons. The molecule has 0 aliphatic carbocycles. The van der Waals surface area contributed by atoms with Gasteiger partial charge in [-0.25, -0.2) is 4.98 Å². The minimum Gasteiger partial charge on any atom is -0.391 e. The van der Waals surface area contributed by atoms with Crippen LogP contribution in [-0.2, 0) is 4.74 Å². The Balaban J connectivity index is 2.08. The Morgan fingerprint density at radius 3 is 2.86 bits per heavy atom. The fourth-order valence-electron chi connectivity index (χ4n) is 2.06. The lowest BCUT2D eigenvalue weighted by molar-refractivity contribution is 0.0588. The number of hydrogen-bond donors (Lipinski definition) is 2. The van der Waals surface area contributed by atoms with Crippen LogP contribution in [0.1, 0.15) is 16.8 Å². The summed E-state index contributed by atoms with van der Waals surface area (Å²) in [6, 6.07) is 7.35. The number of hydrogen-bond acceptors (Lipinski definition) is 4. The predicted octanol–water partition coefficient (Wildman–Crippen LogP) is 2.02. The monoisotopic (exact) mass is 308 g/mol. The summed E-state index contributed by atoms with van der Waals surface area (Å²) in [6.45, 7) is 0.613. The Bertz CT molecular complexity index is 633. The number of pyridine rings is 1. The summed E-state index contributed by atoms with van der Waals surface area (Å²) in [5.74, 6) is -0.236. The molecule has 5 nitrogen and oxygen atoms in total. The number of aromatic nitrogens is 1. The van der Waals surface area contributed by atoms with Crippen LogP contribution in [0.25, 0.3) is 10.8 Å². The second-order valence-electron chi connectivity index (χ2n) is 4.66. The van der Waals surface area contributed by atoms with Gasteiger partial charge in [-0.15, -0.1) is 0 Å². The van der Waals surface area contributed by atoms with E-state index in [0.717, 1.165) is 10.8 Å². The molecule has 1 atom stereocenters. The van der Waals surface area contributed by atoms with Gasteiger partial charge in [0.15, 0.2) is 0 Å². The highest BCUT2D eigenvalue weighted by Crippen LogP contribution is 2.23. The number of carbonyl (C=O) groups is 1. The van der Waals surface area contributed by atoms with Crippen molar-refractivity contribution in [3.8, 4) is 0 Å². The van der Waals surface area contributed by atoms with Gasteiger partial charge < -0.3 is 15.2 Å². The fourth-order valence-corrected chi connectivity index (χ4v) is 2.28. The summed E-state index contributed by atoms with van der Waals surface area (Å²) in [5.41, 5.74) is 0.469. The maximum Gasteiger partial charge on any atom is 0.253 e. The zero-order valence-electron chi connectivity index (χ0n) is 11.7. The minimum atomic E-state index is -0.588. The summed E-state index contributed by atoms with van der Waals surface area (Å²) in [5, 5.41) is 14.2. The van der Waals surface area contributed by atoms with Crippen molar-refractivity contribution in [1.82, 2.24) is 10.3 Å². The van der Waals surface area contributed by atoms with Crippen molar-refractivity contribution >= 4 is 28.3 Å². The van der Waals surface area contributed by atoms with E-state index in [1.807, 2.05) is 24.3 Å². The lowest BCUT2D eigenvalue weighted by atomic mass is 10.1. The number of ether oxygens (including phenoxy) is 1. The van der Waals surface area contributed by atoms with E-state index in [1.165, 1.54) is 13.3 Å². The SMILES string of the molecule is COCC(O)CCNC(=O)c1cnc(Cl)c2ccccc12. The van der Waals surface area contributed by atoms with Crippen LogP contribution in [0.3, 0.4) is 0 Å². The number of nitrogens with one attached hydrogen (secondary N) is 1. The van der Waals surface area contributed by atoms with Gasteiger partial charge in [-0.3, -0.25) is 4.79 Å². The highest BCUT2D eigenvalue weighted by atomic mass is 35.5. The van der Waals surface area contributed by atoms with E-state index in [4.69, 9.17) is 16.3 Å². The summed E-state index contributed by atoms with van der Waals surface area (Å²) in [4.78, 5) is 16.2. The quantitative estimate of drug-likeness (QED) is 0.801. The van der Waals surface area contributed by atoms with Crippen molar-refractivity contribution in [1.29, 1.82) is 0 Å². The number of aliphatic hydroxyl groups excluding tert-OH is 1. The van der Waals surface area contributed by atoms with Crippen molar-refractivity contribution in [3.05, 3.63) is 41.2 Å². The molecule has 0 fully saturated rings. The molecule has 6 heteroatoms. The number of aliphatic hydroxyl groups is 1. The lowest BCUT2D eigenvalue weighted by Gasteiger charge is -2.11. The average molecular weight is 309 g/mol. The summed E-state index contributed by atoms with van der Waals surface area (Å²) in [7, 11) is 1.52. The number of fused-ring (bicyclic) bond motifs is 1. The Morgan fingerprint density at radius 1 is 1.43 bits per heavy atom. The zero-order valence-corrected chi connectivity index (χ0v) is 12.4. The highest BCUT2D eigenvalue weighted by molar-refractivity contribution is 6.34. The van der Waals surface area contributed by atoms with Gasteiger partial charge in [0.25, 0.3) is 5.91 Å². The first-order chi connectivity index (χ1) is 10.1. The maximum absolute atomic E-state index is 12.2. The average Bonchev–Trinajstić information content (AvgIpc) is 2.48. The number of halogens is 1. The van der Waals surface area contributed by atoms with Crippen LogP contribution < -0.4 is 5.32 Å². The van der Waals surface area contributed by atoms with E-state index in [1.54, 1.807) is 0 Å². The van der Waals surface area contributed by atoms with E-state index < -0.39 is 6.10 Å². The molecule has 0 saturated carbocycles. The Hall–Kier alpha value is -1.69. The molecule has 1 aromatic heterocycles. The third-order valence-corrected chi connectivity index (χ3v) is 3.41. The van der Waals surface area contributed by atoms with Gasteiger partial charge in [0.05, 0.1) is 18.3 Å². The number of nitrogens with zero attached hydrogens (tertiary/aromatic N) is 1. The van der Waals surface area contributed by atoms with Crippen molar-refractivity contribution in [2.45, 2.75) is 12.5 Å². The molecule has 21 heavy (non-hydrogen) atoms. The van der Waals surface area contributed by atoms with Gasteiger partial charge in [0, 0.05) is 25.2 Å². The van der Waals surface area contributed by atoms with Gasteiger partial charge in [-0.2, -0.15) is 0 Å². The van der Waals surface area contributed by atoms with Crippen LogP contribution in [0, 0.1) is 0 Å². The van der Waals surface area contributed by atoms with Crippen LogP contribution in [0.5, 0.6) is 0 Å². The summed E-state index contributed by atoms with van der Waals surface area (Å²) in [6.07, 6.45) is 1.31. The van der Waals surface area contributed by atoms with Crippen molar-refractivity contribution in [2.24, 2.45) is 0 Å². The lowest BCUT2D eigenvalue weighted by Crippen LogP contribution is -2.28. The van der Waals surface area contributed by atoms with Crippen molar-refractivity contribution in [3.63, 3.8) is 0 Å². The normalized spacial score (nSPS) is 12.3. The van der Waals surface area contributed by atoms with Crippen molar-refractivity contribution in [2.75, 3.05) is 20.3 Å². The predicted molar refractivity (Wildman–Crippen MR) is 81.6 cm³/mol. The molecule has 112 valence electrons. The number of amides is 1. The van der Waals surface area contributed by atoms with E-state index in [2.05, 4.69) is 10.3 Å². The Kier molecular flexibility index (Phi) is 5.50. The second kappa shape index (κ2) is 7.36. The van der Waals surface area contributed by atoms with E-state index in [9.17, 15) is 9.90 Å². The molecule has 1 unspecified atom stereocenters. The van der Waals surface area contributed by atoms with Crippen LogP contribution in [0.15, 0.2) is 30.5 Å². The molecule has 1 heterocycles. The molecule has 1 amide bonds. The minimum absolute atomic E-state index is 0.236. The number of rotatable bonds is 6. The molecule has 1 aromatic carbocycles. The zero-order chi connectivity index (χ0) is 15.2. The van der Waals surface area contributed by atoms with Gasteiger partial charge in [0.1, 0.15) is 5.15 Å². The highest BCUT2D eigenvalue weighted by Gasteiger charge is 2.13. The molecule has 0 saturated heterocycles. The largest absolute Gasteiger partial charge is 0.391 e. The van der Waals surface area contributed by atoms with E-state index >= 15 is 0 Å². The molecule has 2 aromatic rings. The van der Waals surface area contributed by atoms with Gasteiger partial charge in [-0.05, 0) is 11.8 Å². The first-order valence-electron chi connectivity index (χ1n) is 6.62. The number of methoxy groups -OCH3 is 1. The van der Waals surface area contributed by atoms with Crippen LogP contribution >= 0.6 is 11.6 Å². The topological polar surface area (TPSA) is 71.5 Å². The molecule has 0 aliphatic rings. The number of benzene rings is 1. The van der Waals surface area contributed by atoms with Crippen LogP contribution in [0.2, 0.25) is 5.15 Å². The van der Waals surface area contributed by atoms with Crippen molar-refractivity contribution < 1.29 is 14.6 Å². The van der Waals surface area contributed by atoms with Gasteiger partial charge in [-0.1, -0.05) is 35.9 Å². The molecular weight excluding hydrogens is 292 g/mol. The molecule has 2 N–H and O–H groups in total. The third kappa shape index (κ3) is 3.91. The number of carbonyl (C=O) groups excluding carboxylic acids is 1. The molecule has 2 rings (SSSR count). The summed E-state index contributed by atoms with van der Waals surface area (Å²) < 4.78 is 4.83. The fraction of sp³-hybridized carbons (Fsp3) is 0.333. The molecule has 0 aliphatic heterocycles. The standard InChI is InChI=1S/C15H17ClN2O3/c1-21-9-10(19)6-7-17-15(20)13-8-18-14(16)12-5-3-2-4-11(12)13/h2-5,8,10,19H,6-7,9H2,1H3,(H,17,20). The molecular formula is C15H17ClN2O3. The maximum atomic E-state index is 12.2.